The van der Waals surface area contributed by atoms with Crippen LogP contribution in [0.25, 0.3) is 0 Å². The fourth-order valence-electron chi connectivity index (χ4n) is 2.45. The van der Waals surface area contributed by atoms with Gasteiger partial charge in [0, 0.05) is 6.54 Å². The van der Waals surface area contributed by atoms with E-state index in [4.69, 9.17) is 10.5 Å². The molecule has 1 atom stereocenters. The van der Waals surface area contributed by atoms with E-state index in [9.17, 15) is 4.79 Å². The number of aromatic nitrogens is 2. The quantitative estimate of drug-likeness (QED) is 0.876. The second-order valence-electron chi connectivity index (χ2n) is 5.13. The maximum atomic E-state index is 12.5. The van der Waals surface area contributed by atoms with Crippen molar-refractivity contribution in [2.75, 3.05) is 25.4 Å². The fraction of sp³-hybridized carbons (Fsp3) is 0.333. The van der Waals surface area contributed by atoms with E-state index < -0.39 is 0 Å². The number of H-pyrrole nitrogens is 1. The van der Waals surface area contributed by atoms with Gasteiger partial charge in [-0.2, -0.15) is 5.10 Å². The average Bonchev–Trinajstić information content (AvgIpc) is 2.87. The van der Waals surface area contributed by atoms with Crippen LogP contribution in [0.15, 0.2) is 30.3 Å². The van der Waals surface area contributed by atoms with Crippen LogP contribution in [0.4, 0.5) is 5.69 Å². The number of amides is 1. The minimum Gasteiger partial charge on any atom is -0.395 e. The van der Waals surface area contributed by atoms with Crippen molar-refractivity contribution in [3.63, 3.8) is 0 Å². The summed E-state index contributed by atoms with van der Waals surface area (Å²) in [5.74, 6) is -0.152. The van der Waals surface area contributed by atoms with E-state index in [0.29, 0.717) is 36.8 Å². The first kappa shape index (κ1) is 13.6. The monoisotopic (exact) mass is 286 g/mol. The number of carbonyl (C=O) groups is 1. The summed E-state index contributed by atoms with van der Waals surface area (Å²) in [6, 6.07) is 9.91. The van der Waals surface area contributed by atoms with Gasteiger partial charge >= 0.3 is 0 Å². The molecule has 0 spiro atoms. The van der Waals surface area contributed by atoms with Gasteiger partial charge in [-0.3, -0.25) is 9.89 Å². The lowest BCUT2D eigenvalue weighted by molar-refractivity contribution is -0.0229. The first-order valence-electron chi connectivity index (χ1n) is 6.93. The Morgan fingerprint density at radius 3 is 2.86 bits per heavy atom. The highest BCUT2D eigenvalue weighted by atomic mass is 16.5. The van der Waals surface area contributed by atoms with Crippen LogP contribution in [0.2, 0.25) is 0 Å². The molecule has 0 aliphatic carbocycles. The van der Waals surface area contributed by atoms with E-state index in [0.717, 1.165) is 5.56 Å². The number of nitrogens with zero attached hydrogens (tertiary/aromatic N) is 2. The molecule has 2 heterocycles. The maximum absolute atomic E-state index is 12.5. The van der Waals surface area contributed by atoms with Crippen molar-refractivity contribution in [2.45, 2.75) is 13.0 Å². The van der Waals surface area contributed by atoms with Gasteiger partial charge in [0.25, 0.3) is 5.91 Å². The van der Waals surface area contributed by atoms with E-state index in [1.165, 1.54) is 0 Å². The molecule has 1 aromatic carbocycles. The molecule has 21 heavy (non-hydrogen) atoms. The van der Waals surface area contributed by atoms with Crippen molar-refractivity contribution in [1.82, 2.24) is 15.1 Å². The highest BCUT2D eigenvalue weighted by molar-refractivity contribution is 5.97. The van der Waals surface area contributed by atoms with Gasteiger partial charge in [-0.1, -0.05) is 30.3 Å². The number of hydrogen-bond donors (Lipinski definition) is 2. The summed E-state index contributed by atoms with van der Waals surface area (Å²) < 4.78 is 5.76. The van der Waals surface area contributed by atoms with Crippen LogP contribution in [0.1, 0.15) is 27.8 Å². The lowest BCUT2D eigenvalue weighted by Crippen LogP contribution is -2.42. The molecule has 3 rings (SSSR count). The number of nitrogens with one attached hydrogen (secondary N) is 1. The summed E-state index contributed by atoms with van der Waals surface area (Å²) in [6.07, 6.45) is -0.106. The van der Waals surface area contributed by atoms with Gasteiger partial charge in [-0.05, 0) is 12.5 Å². The zero-order valence-corrected chi connectivity index (χ0v) is 11.9. The summed E-state index contributed by atoms with van der Waals surface area (Å²) in [7, 11) is 0. The van der Waals surface area contributed by atoms with Crippen LogP contribution in [0, 0.1) is 6.92 Å². The van der Waals surface area contributed by atoms with Crippen LogP contribution >= 0.6 is 0 Å². The van der Waals surface area contributed by atoms with Crippen LogP contribution in [-0.2, 0) is 4.74 Å². The van der Waals surface area contributed by atoms with Crippen LogP contribution in [0.3, 0.4) is 0 Å². The Kier molecular flexibility index (Phi) is 3.62. The third kappa shape index (κ3) is 2.62. The van der Waals surface area contributed by atoms with Gasteiger partial charge in [-0.15, -0.1) is 0 Å². The minimum absolute atomic E-state index is 0.106. The van der Waals surface area contributed by atoms with Crippen LogP contribution < -0.4 is 5.73 Å². The normalized spacial score (nSPS) is 18.7. The Bertz CT molecular complexity index is 638. The molecule has 6 nitrogen and oxygen atoms in total. The number of aryl methyl sites for hydroxylation is 1. The van der Waals surface area contributed by atoms with Crippen LogP contribution in [-0.4, -0.2) is 40.7 Å². The van der Waals surface area contributed by atoms with Crippen molar-refractivity contribution in [1.29, 1.82) is 0 Å². The number of morpholine rings is 1. The van der Waals surface area contributed by atoms with Crippen molar-refractivity contribution in [3.05, 3.63) is 47.3 Å². The number of hydrogen-bond acceptors (Lipinski definition) is 4. The predicted molar refractivity (Wildman–Crippen MR) is 78.8 cm³/mol. The summed E-state index contributed by atoms with van der Waals surface area (Å²) in [4.78, 5) is 14.3. The third-order valence-electron chi connectivity index (χ3n) is 3.72. The van der Waals surface area contributed by atoms with Crippen molar-refractivity contribution in [3.8, 4) is 0 Å². The second-order valence-corrected chi connectivity index (χ2v) is 5.13. The first-order valence-corrected chi connectivity index (χ1v) is 6.93. The number of nitrogens with two attached hydrogens (primary N) is 1. The molecule has 1 saturated heterocycles. The van der Waals surface area contributed by atoms with Gasteiger partial charge in [0.2, 0.25) is 0 Å². The molecular weight excluding hydrogens is 268 g/mol. The molecule has 2 aromatic rings. The standard InChI is InChI=1S/C15H18N4O2/c1-10-13(16)14(18-17-10)15(20)19-7-8-21-12(9-19)11-5-3-2-4-6-11/h2-6,12H,7-9,16H2,1H3,(H,17,18). The van der Waals surface area contributed by atoms with E-state index in [1.807, 2.05) is 30.3 Å². The molecule has 1 fully saturated rings. The Balaban J connectivity index is 1.77. The smallest absolute Gasteiger partial charge is 0.276 e. The number of aromatic amines is 1. The minimum atomic E-state index is -0.152. The molecule has 1 aliphatic rings. The lowest BCUT2D eigenvalue weighted by atomic mass is 10.1. The zero-order valence-electron chi connectivity index (χ0n) is 11.9. The molecule has 1 aromatic heterocycles. The topological polar surface area (TPSA) is 84.2 Å². The van der Waals surface area contributed by atoms with Gasteiger partial charge in [0.15, 0.2) is 5.69 Å². The summed E-state index contributed by atoms with van der Waals surface area (Å²) >= 11 is 0. The maximum Gasteiger partial charge on any atom is 0.276 e. The van der Waals surface area contributed by atoms with Gasteiger partial charge in [0.05, 0.1) is 24.5 Å². The van der Waals surface area contributed by atoms with E-state index in [1.54, 1.807) is 11.8 Å². The molecule has 6 heteroatoms. The molecular formula is C15H18N4O2. The van der Waals surface area contributed by atoms with E-state index in [-0.39, 0.29) is 12.0 Å². The number of ether oxygens (including phenoxy) is 1. The van der Waals surface area contributed by atoms with Crippen molar-refractivity contribution in [2.24, 2.45) is 0 Å². The van der Waals surface area contributed by atoms with Crippen molar-refractivity contribution < 1.29 is 9.53 Å². The summed E-state index contributed by atoms with van der Waals surface area (Å²) in [5.41, 5.74) is 8.38. The van der Waals surface area contributed by atoms with Crippen molar-refractivity contribution >= 4 is 11.6 Å². The van der Waals surface area contributed by atoms with Gasteiger partial charge in [-0.25, -0.2) is 0 Å². The molecule has 1 aliphatic heterocycles. The predicted octanol–water partition coefficient (Wildman–Crippen LogP) is 1.51. The van der Waals surface area contributed by atoms with E-state index >= 15 is 0 Å². The number of nitrogen functional groups attached to an aromatic ring is 1. The Hall–Kier alpha value is -2.34. The second kappa shape index (κ2) is 5.57. The highest BCUT2D eigenvalue weighted by Crippen LogP contribution is 2.24. The molecule has 0 bridgehead atoms. The SMILES string of the molecule is Cc1[nH]nc(C(=O)N2CCOC(c3ccccc3)C2)c1N. The highest BCUT2D eigenvalue weighted by Gasteiger charge is 2.28. The molecule has 0 saturated carbocycles. The largest absolute Gasteiger partial charge is 0.395 e. The van der Waals surface area contributed by atoms with E-state index in [2.05, 4.69) is 10.2 Å². The van der Waals surface area contributed by atoms with Crippen LogP contribution in [0.5, 0.6) is 0 Å². The third-order valence-corrected chi connectivity index (χ3v) is 3.72. The number of anilines is 1. The molecule has 1 unspecified atom stereocenters. The number of rotatable bonds is 2. The molecule has 1 amide bonds. The molecule has 3 N–H and O–H groups in total. The lowest BCUT2D eigenvalue weighted by Gasteiger charge is -2.32. The van der Waals surface area contributed by atoms with Gasteiger partial charge in [0.1, 0.15) is 6.10 Å². The Morgan fingerprint density at radius 1 is 1.43 bits per heavy atom. The summed E-state index contributed by atoms with van der Waals surface area (Å²) in [5, 5.41) is 6.75. The fourth-order valence-corrected chi connectivity index (χ4v) is 2.45. The molecule has 0 radical (unpaired) electrons. The Labute approximate surface area is 122 Å². The number of benzene rings is 1. The average molecular weight is 286 g/mol. The molecule has 110 valence electrons. The summed E-state index contributed by atoms with van der Waals surface area (Å²) in [6.45, 7) is 3.36. The zero-order chi connectivity index (χ0) is 14.8. The first-order chi connectivity index (χ1) is 10.2. The Morgan fingerprint density at radius 2 is 2.19 bits per heavy atom. The van der Waals surface area contributed by atoms with Gasteiger partial charge < -0.3 is 15.4 Å². The number of carbonyl (C=O) groups excluding carboxylic acids is 1.